The average molecular weight is 288 g/mol. The summed E-state index contributed by atoms with van der Waals surface area (Å²) in [5.74, 6) is -2.39. The number of ether oxygens (including phenoxy) is 1. The van der Waals surface area contributed by atoms with E-state index < -0.39 is 5.76 Å². The van der Waals surface area contributed by atoms with Crippen molar-refractivity contribution in [1.29, 1.82) is 0 Å². The van der Waals surface area contributed by atoms with E-state index in [1.165, 1.54) is 0 Å². The van der Waals surface area contributed by atoms with E-state index in [-0.39, 0.29) is 0 Å². The van der Waals surface area contributed by atoms with Crippen LogP contribution in [0.1, 0.15) is 0 Å². The molecule has 6 heteroatoms. The van der Waals surface area contributed by atoms with E-state index in [2.05, 4.69) is 10.2 Å². The SMILES string of the molecule is FC(F)Sc1ccccc1NCCN1CCOCC1. The number of benzene rings is 1. The molecule has 19 heavy (non-hydrogen) atoms. The van der Waals surface area contributed by atoms with Crippen LogP contribution in [0.15, 0.2) is 29.2 Å². The minimum Gasteiger partial charge on any atom is -0.383 e. The molecule has 0 saturated carbocycles. The first-order valence-corrected chi connectivity index (χ1v) is 7.21. The number of morpholine rings is 1. The first-order valence-electron chi connectivity index (χ1n) is 6.33. The van der Waals surface area contributed by atoms with Crippen molar-refractivity contribution in [1.82, 2.24) is 4.90 Å². The lowest BCUT2D eigenvalue weighted by Gasteiger charge is -2.26. The molecule has 1 heterocycles. The number of hydrogen-bond donors (Lipinski definition) is 1. The van der Waals surface area contributed by atoms with E-state index in [9.17, 15) is 8.78 Å². The summed E-state index contributed by atoms with van der Waals surface area (Å²) in [5.41, 5.74) is 0.779. The van der Waals surface area contributed by atoms with Gasteiger partial charge in [-0.3, -0.25) is 4.90 Å². The van der Waals surface area contributed by atoms with Gasteiger partial charge in [0.25, 0.3) is 5.76 Å². The number of para-hydroxylation sites is 1. The summed E-state index contributed by atoms with van der Waals surface area (Å²) >= 11 is 0.582. The molecule has 1 aromatic carbocycles. The number of nitrogens with one attached hydrogen (secondary N) is 1. The standard InChI is InChI=1S/C13H18F2N2OS/c14-13(15)19-12-4-2-1-3-11(12)16-5-6-17-7-9-18-10-8-17/h1-4,13,16H,5-10H2. The Morgan fingerprint density at radius 2 is 2.00 bits per heavy atom. The second-order valence-electron chi connectivity index (χ2n) is 4.26. The molecule has 0 spiro atoms. The molecule has 1 fully saturated rings. The molecular formula is C13H18F2N2OS. The molecule has 1 aliphatic heterocycles. The van der Waals surface area contributed by atoms with Crippen LogP contribution >= 0.6 is 11.8 Å². The monoisotopic (exact) mass is 288 g/mol. The van der Waals surface area contributed by atoms with Crippen LogP contribution in [0.4, 0.5) is 14.5 Å². The fourth-order valence-corrected chi connectivity index (χ4v) is 2.60. The third-order valence-electron chi connectivity index (χ3n) is 2.95. The fraction of sp³-hybridized carbons (Fsp3) is 0.538. The highest BCUT2D eigenvalue weighted by Crippen LogP contribution is 2.31. The van der Waals surface area contributed by atoms with Gasteiger partial charge in [-0.2, -0.15) is 8.78 Å². The van der Waals surface area contributed by atoms with Gasteiger partial charge < -0.3 is 10.1 Å². The lowest BCUT2D eigenvalue weighted by molar-refractivity contribution is 0.0398. The van der Waals surface area contributed by atoms with Gasteiger partial charge in [-0.25, -0.2) is 0 Å². The topological polar surface area (TPSA) is 24.5 Å². The van der Waals surface area contributed by atoms with Gasteiger partial charge in [-0.1, -0.05) is 23.9 Å². The van der Waals surface area contributed by atoms with Gasteiger partial charge in [0.15, 0.2) is 0 Å². The van der Waals surface area contributed by atoms with Gasteiger partial charge in [0, 0.05) is 36.8 Å². The van der Waals surface area contributed by atoms with E-state index >= 15 is 0 Å². The molecule has 0 amide bonds. The Labute approximate surface area is 116 Å². The van der Waals surface area contributed by atoms with Gasteiger partial charge in [-0.15, -0.1) is 0 Å². The predicted molar refractivity (Wildman–Crippen MR) is 74.1 cm³/mol. The second kappa shape index (κ2) is 7.67. The van der Waals surface area contributed by atoms with Crippen LogP contribution in [-0.4, -0.2) is 50.1 Å². The van der Waals surface area contributed by atoms with Crippen molar-refractivity contribution in [2.45, 2.75) is 10.7 Å². The van der Waals surface area contributed by atoms with E-state index in [1.807, 2.05) is 12.1 Å². The lowest BCUT2D eigenvalue weighted by Crippen LogP contribution is -2.39. The van der Waals surface area contributed by atoms with Gasteiger partial charge in [0.05, 0.1) is 13.2 Å². The minimum atomic E-state index is -2.39. The zero-order valence-corrected chi connectivity index (χ0v) is 11.5. The summed E-state index contributed by atoms with van der Waals surface area (Å²) < 4.78 is 30.1. The van der Waals surface area contributed by atoms with Crippen molar-refractivity contribution in [2.24, 2.45) is 0 Å². The highest BCUT2D eigenvalue weighted by molar-refractivity contribution is 7.99. The molecule has 0 unspecified atom stereocenters. The third kappa shape index (κ3) is 4.97. The summed E-state index contributed by atoms with van der Waals surface area (Å²) in [6.07, 6.45) is 0. The van der Waals surface area contributed by atoms with Crippen molar-refractivity contribution in [2.75, 3.05) is 44.7 Å². The molecule has 1 N–H and O–H groups in total. The highest BCUT2D eigenvalue weighted by atomic mass is 32.2. The van der Waals surface area contributed by atoms with E-state index in [4.69, 9.17) is 4.74 Å². The number of alkyl halides is 2. The summed E-state index contributed by atoms with van der Waals surface area (Å²) in [4.78, 5) is 2.90. The van der Waals surface area contributed by atoms with Crippen LogP contribution < -0.4 is 5.32 Å². The first-order chi connectivity index (χ1) is 9.25. The third-order valence-corrected chi connectivity index (χ3v) is 3.74. The fourth-order valence-electron chi connectivity index (χ4n) is 1.98. The summed E-state index contributed by atoms with van der Waals surface area (Å²) in [7, 11) is 0. The Kier molecular flexibility index (Phi) is 5.88. The number of anilines is 1. The molecule has 106 valence electrons. The summed E-state index contributed by atoms with van der Waals surface area (Å²) in [6.45, 7) is 5.08. The molecule has 0 atom stereocenters. The number of nitrogens with zero attached hydrogens (tertiary/aromatic N) is 1. The number of thioether (sulfide) groups is 1. The normalized spacial score (nSPS) is 16.8. The number of hydrogen-bond acceptors (Lipinski definition) is 4. The van der Waals surface area contributed by atoms with E-state index in [1.54, 1.807) is 12.1 Å². The maximum atomic E-state index is 12.4. The van der Waals surface area contributed by atoms with Gasteiger partial charge in [-0.05, 0) is 12.1 Å². The smallest absolute Gasteiger partial charge is 0.288 e. The lowest BCUT2D eigenvalue weighted by atomic mass is 10.3. The highest BCUT2D eigenvalue weighted by Gasteiger charge is 2.11. The Morgan fingerprint density at radius 1 is 1.26 bits per heavy atom. The van der Waals surface area contributed by atoms with Gasteiger partial charge in [0.2, 0.25) is 0 Å². The Hall–Kier alpha value is -0.850. The van der Waals surface area contributed by atoms with Gasteiger partial charge >= 0.3 is 0 Å². The van der Waals surface area contributed by atoms with E-state index in [0.29, 0.717) is 16.7 Å². The maximum absolute atomic E-state index is 12.4. The van der Waals surface area contributed by atoms with Crippen LogP contribution in [0.25, 0.3) is 0 Å². The molecule has 3 nitrogen and oxygen atoms in total. The minimum absolute atomic E-state index is 0.582. The van der Waals surface area contributed by atoms with Crippen LogP contribution in [0.3, 0.4) is 0 Å². The molecule has 0 bridgehead atoms. The van der Waals surface area contributed by atoms with Crippen LogP contribution in [0.5, 0.6) is 0 Å². The summed E-state index contributed by atoms with van der Waals surface area (Å²) in [5, 5.41) is 3.23. The second-order valence-corrected chi connectivity index (χ2v) is 5.29. The van der Waals surface area contributed by atoms with Crippen LogP contribution in [0, 0.1) is 0 Å². The Bertz CT molecular complexity index is 387. The largest absolute Gasteiger partial charge is 0.383 e. The van der Waals surface area contributed by atoms with E-state index in [0.717, 1.165) is 45.1 Å². The molecule has 0 aliphatic carbocycles. The number of halogens is 2. The van der Waals surface area contributed by atoms with Crippen LogP contribution in [-0.2, 0) is 4.74 Å². The zero-order chi connectivity index (χ0) is 13.5. The zero-order valence-electron chi connectivity index (χ0n) is 10.6. The molecule has 0 radical (unpaired) electrons. The molecule has 0 aromatic heterocycles. The molecule has 1 aliphatic rings. The van der Waals surface area contributed by atoms with Crippen molar-refractivity contribution >= 4 is 17.4 Å². The summed E-state index contributed by atoms with van der Waals surface area (Å²) in [6, 6.07) is 7.18. The Morgan fingerprint density at radius 3 is 2.74 bits per heavy atom. The molecule has 1 aromatic rings. The average Bonchev–Trinajstić information content (AvgIpc) is 2.41. The van der Waals surface area contributed by atoms with Crippen molar-refractivity contribution in [3.8, 4) is 0 Å². The first kappa shape index (κ1) is 14.6. The number of rotatable bonds is 6. The Balaban J connectivity index is 1.81. The maximum Gasteiger partial charge on any atom is 0.288 e. The van der Waals surface area contributed by atoms with Crippen LogP contribution in [0.2, 0.25) is 0 Å². The van der Waals surface area contributed by atoms with Crippen molar-refractivity contribution in [3.63, 3.8) is 0 Å². The predicted octanol–water partition coefficient (Wildman–Crippen LogP) is 2.75. The molecular weight excluding hydrogens is 270 g/mol. The molecule has 1 saturated heterocycles. The quantitative estimate of drug-likeness (QED) is 0.814. The van der Waals surface area contributed by atoms with Gasteiger partial charge in [0.1, 0.15) is 0 Å². The molecule has 2 rings (SSSR count). The van der Waals surface area contributed by atoms with Crippen molar-refractivity contribution in [3.05, 3.63) is 24.3 Å². The van der Waals surface area contributed by atoms with Crippen molar-refractivity contribution < 1.29 is 13.5 Å².